The smallest absolute Gasteiger partial charge is 0.164 e. The molecule has 0 unspecified atom stereocenters. The van der Waals surface area contributed by atoms with Gasteiger partial charge in [0.1, 0.15) is 5.75 Å². The molecule has 0 saturated heterocycles. The highest BCUT2D eigenvalue weighted by Gasteiger charge is 2.12. The van der Waals surface area contributed by atoms with Crippen LogP contribution in [0.4, 0.5) is 0 Å². The van der Waals surface area contributed by atoms with Gasteiger partial charge in [-0.05, 0) is 25.1 Å². The van der Waals surface area contributed by atoms with Crippen molar-refractivity contribution in [3.05, 3.63) is 17.7 Å². The zero-order valence-corrected chi connectivity index (χ0v) is 11.4. The fraction of sp³-hybridized carbons (Fsp3) is 0.538. The van der Waals surface area contributed by atoms with Crippen LogP contribution in [0, 0.1) is 0 Å². The van der Waals surface area contributed by atoms with Crippen LogP contribution in [0.1, 0.15) is 5.56 Å². The van der Waals surface area contributed by atoms with Crippen LogP contribution in [0.2, 0.25) is 0 Å². The summed E-state index contributed by atoms with van der Waals surface area (Å²) in [4.78, 5) is 1.82. The fourth-order valence-corrected chi connectivity index (χ4v) is 1.67. The molecule has 0 spiro atoms. The molecular formula is C13H21NO4. The van der Waals surface area contributed by atoms with E-state index in [1.165, 1.54) is 0 Å². The molecule has 0 atom stereocenters. The molecule has 0 radical (unpaired) electrons. The summed E-state index contributed by atoms with van der Waals surface area (Å²) < 4.78 is 15.8. The predicted molar refractivity (Wildman–Crippen MR) is 69.5 cm³/mol. The van der Waals surface area contributed by atoms with Gasteiger partial charge in [-0.2, -0.15) is 0 Å². The minimum Gasteiger partial charge on any atom is -0.496 e. The molecule has 0 aliphatic rings. The van der Waals surface area contributed by atoms with Crippen LogP contribution in [0.3, 0.4) is 0 Å². The molecule has 18 heavy (non-hydrogen) atoms. The molecule has 1 N–H and O–H groups in total. The number of ether oxygens (including phenoxy) is 3. The Hall–Kier alpha value is -1.46. The number of aliphatic hydroxyl groups is 1. The van der Waals surface area contributed by atoms with Crippen LogP contribution in [-0.4, -0.2) is 51.7 Å². The van der Waals surface area contributed by atoms with Gasteiger partial charge in [0.25, 0.3) is 0 Å². The van der Waals surface area contributed by atoms with Crippen molar-refractivity contribution < 1.29 is 19.3 Å². The Bertz CT molecular complexity index is 381. The summed E-state index contributed by atoms with van der Waals surface area (Å²) in [5, 5.41) is 8.97. The second-order valence-corrected chi connectivity index (χ2v) is 3.99. The van der Waals surface area contributed by atoms with Gasteiger partial charge in [-0.1, -0.05) is 0 Å². The Balaban J connectivity index is 2.94. The maximum atomic E-state index is 8.97. The van der Waals surface area contributed by atoms with Crippen LogP contribution in [-0.2, 0) is 6.42 Å². The van der Waals surface area contributed by atoms with E-state index >= 15 is 0 Å². The predicted octanol–water partition coefficient (Wildman–Crippen LogP) is 1.14. The second kappa shape index (κ2) is 7.08. The van der Waals surface area contributed by atoms with E-state index in [-0.39, 0.29) is 6.73 Å². The molecule has 1 rings (SSSR count). The summed E-state index contributed by atoms with van der Waals surface area (Å²) in [6.07, 6.45) is 0.764. The average molecular weight is 255 g/mol. The number of aliphatic hydroxyl groups excluding tert-OH is 1. The molecule has 0 heterocycles. The van der Waals surface area contributed by atoms with E-state index in [0.29, 0.717) is 11.5 Å². The fourth-order valence-electron chi connectivity index (χ4n) is 1.67. The second-order valence-electron chi connectivity index (χ2n) is 3.99. The summed E-state index contributed by atoms with van der Waals surface area (Å²) in [6, 6.07) is 3.72. The van der Waals surface area contributed by atoms with Gasteiger partial charge in [0.15, 0.2) is 11.5 Å². The van der Waals surface area contributed by atoms with E-state index in [9.17, 15) is 0 Å². The molecule has 5 nitrogen and oxygen atoms in total. The molecule has 0 fully saturated rings. The van der Waals surface area contributed by atoms with E-state index in [2.05, 4.69) is 0 Å². The maximum Gasteiger partial charge on any atom is 0.164 e. The average Bonchev–Trinajstić information content (AvgIpc) is 2.43. The van der Waals surface area contributed by atoms with Crippen molar-refractivity contribution in [2.24, 2.45) is 0 Å². The Morgan fingerprint density at radius 3 is 2.06 bits per heavy atom. The summed E-state index contributed by atoms with van der Waals surface area (Å²) in [5.74, 6) is 2.09. The molecule has 0 aliphatic carbocycles. The molecule has 1 aromatic rings. The summed E-state index contributed by atoms with van der Waals surface area (Å²) >= 11 is 0. The number of likely N-dealkylation sites (N-methyl/N-ethyl adjacent to an activating group) is 1. The van der Waals surface area contributed by atoms with Gasteiger partial charge in [-0.15, -0.1) is 0 Å². The van der Waals surface area contributed by atoms with Crippen molar-refractivity contribution in [2.45, 2.75) is 6.42 Å². The number of nitrogens with zero attached hydrogens (tertiary/aromatic N) is 1. The highest BCUT2D eigenvalue weighted by atomic mass is 16.5. The molecule has 5 heteroatoms. The van der Waals surface area contributed by atoms with E-state index < -0.39 is 0 Å². The van der Waals surface area contributed by atoms with Crippen molar-refractivity contribution in [1.29, 1.82) is 0 Å². The van der Waals surface area contributed by atoms with Gasteiger partial charge in [0.2, 0.25) is 0 Å². The standard InChI is InChI=1S/C13H21NO4/c1-14(9-15)6-5-10-7-12(17-3)13(18-4)8-11(10)16-2/h7-8,15H,5-6,9H2,1-4H3. The number of rotatable bonds is 7. The normalized spacial score (nSPS) is 10.6. The Kier molecular flexibility index (Phi) is 5.74. The van der Waals surface area contributed by atoms with Crippen molar-refractivity contribution in [3.63, 3.8) is 0 Å². The first-order valence-electron chi connectivity index (χ1n) is 5.74. The largest absolute Gasteiger partial charge is 0.496 e. The molecule has 1 aromatic carbocycles. The number of benzene rings is 1. The van der Waals surface area contributed by atoms with Crippen molar-refractivity contribution in [3.8, 4) is 17.2 Å². The number of methoxy groups -OCH3 is 3. The number of hydrogen-bond acceptors (Lipinski definition) is 5. The third kappa shape index (κ3) is 3.51. The first-order chi connectivity index (χ1) is 8.65. The third-order valence-electron chi connectivity index (χ3n) is 2.79. The third-order valence-corrected chi connectivity index (χ3v) is 2.79. The monoisotopic (exact) mass is 255 g/mol. The van der Waals surface area contributed by atoms with Gasteiger partial charge in [-0.3, -0.25) is 4.90 Å². The summed E-state index contributed by atoms with van der Waals surface area (Å²) in [6.45, 7) is 0.776. The molecule has 0 amide bonds. The van der Waals surface area contributed by atoms with Crippen LogP contribution in [0.5, 0.6) is 17.2 Å². The zero-order chi connectivity index (χ0) is 13.5. The van der Waals surface area contributed by atoms with E-state index in [0.717, 1.165) is 24.3 Å². The van der Waals surface area contributed by atoms with E-state index in [4.69, 9.17) is 19.3 Å². The molecule has 0 saturated carbocycles. The highest BCUT2D eigenvalue weighted by Crippen LogP contribution is 2.34. The first-order valence-corrected chi connectivity index (χ1v) is 5.74. The van der Waals surface area contributed by atoms with Gasteiger partial charge >= 0.3 is 0 Å². The van der Waals surface area contributed by atoms with Crippen LogP contribution in [0.25, 0.3) is 0 Å². The summed E-state index contributed by atoms with van der Waals surface area (Å²) in [7, 11) is 6.68. The lowest BCUT2D eigenvalue weighted by Crippen LogP contribution is -2.22. The minimum atomic E-state index is 0.0373. The van der Waals surface area contributed by atoms with E-state index in [1.54, 1.807) is 21.3 Å². The molecule has 0 bridgehead atoms. The SMILES string of the molecule is COc1cc(OC)c(OC)cc1CCN(C)CO. The lowest BCUT2D eigenvalue weighted by atomic mass is 10.1. The van der Waals surface area contributed by atoms with Gasteiger partial charge in [-0.25, -0.2) is 0 Å². The quantitative estimate of drug-likeness (QED) is 0.740. The maximum absolute atomic E-state index is 8.97. The molecule has 0 aliphatic heterocycles. The van der Waals surface area contributed by atoms with Gasteiger partial charge in [0.05, 0.1) is 28.1 Å². The van der Waals surface area contributed by atoms with Crippen LogP contribution >= 0.6 is 0 Å². The molecular weight excluding hydrogens is 234 g/mol. The topological polar surface area (TPSA) is 51.2 Å². The first kappa shape index (κ1) is 14.6. The van der Waals surface area contributed by atoms with E-state index in [1.807, 2.05) is 24.1 Å². The molecule has 102 valence electrons. The zero-order valence-electron chi connectivity index (χ0n) is 11.4. The molecule has 0 aromatic heterocycles. The van der Waals surface area contributed by atoms with Gasteiger partial charge in [0, 0.05) is 12.6 Å². The lowest BCUT2D eigenvalue weighted by molar-refractivity contribution is 0.134. The Morgan fingerprint density at radius 1 is 1.00 bits per heavy atom. The van der Waals surface area contributed by atoms with Gasteiger partial charge < -0.3 is 19.3 Å². The van der Waals surface area contributed by atoms with Crippen molar-refractivity contribution in [1.82, 2.24) is 4.90 Å². The Morgan fingerprint density at radius 2 is 1.56 bits per heavy atom. The Labute approximate surface area is 108 Å². The number of hydrogen-bond donors (Lipinski definition) is 1. The van der Waals surface area contributed by atoms with Crippen molar-refractivity contribution in [2.75, 3.05) is 41.7 Å². The van der Waals surface area contributed by atoms with Crippen LogP contribution in [0.15, 0.2) is 12.1 Å². The minimum absolute atomic E-state index is 0.0373. The highest BCUT2D eigenvalue weighted by molar-refractivity contribution is 5.50. The lowest BCUT2D eigenvalue weighted by Gasteiger charge is -2.16. The van der Waals surface area contributed by atoms with Crippen molar-refractivity contribution >= 4 is 0 Å². The summed E-state index contributed by atoms with van der Waals surface area (Å²) in [5.41, 5.74) is 1.02. The van der Waals surface area contributed by atoms with Crippen LogP contribution < -0.4 is 14.2 Å².